The van der Waals surface area contributed by atoms with E-state index in [9.17, 15) is 18.0 Å². The number of anilines is 1. The number of H-pyrrole nitrogens is 1. The topological polar surface area (TPSA) is 97.4 Å². The van der Waals surface area contributed by atoms with E-state index >= 15 is 0 Å². The number of piperidine rings is 1. The molecule has 0 spiro atoms. The molecule has 3 aliphatic rings. The van der Waals surface area contributed by atoms with Crippen LogP contribution in [0, 0.1) is 0 Å². The molecule has 2 aromatic carbocycles. The fraction of sp³-hybridized carbons (Fsp3) is 0.414. The predicted octanol–water partition coefficient (Wildman–Crippen LogP) is 7.60. The number of hydrogen-bond donors (Lipinski definition) is 1. The monoisotopic (exact) mass is 620 g/mol. The molecular weight excluding hydrogens is 596 g/mol. The summed E-state index contributed by atoms with van der Waals surface area (Å²) in [4.78, 5) is 15.7. The Morgan fingerprint density at radius 3 is 2.33 bits per heavy atom. The Kier molecular flexibility index (Phi) is 6.86. The van der Waals surface area contributed by atoms with E-state index in [4.69, 9.17) is 32.5 Å². The molecule has 1 N–H and O–H groups in total. The predicted molar refractivity (Wildman–Crippen MR) is 149 cm³/mol. The van der Waals surface area contributed by atoms with Crippen LogP contribution in [0.4, 0.5) is 18.9 Å². The Morgan fingerprint density at radius 1 is 1.00 bits per heavy atom. The lowest BCUT2D eigenvalue weighted by Gasteiger charge is -2.40. The molecule has 3 fully saturated rings. The zero-order valence-corrected chi connectivity index (χ0v) is 23.6. The number of halogens is 5. The summed E-state index contributed by atoms with van der Waals surface area (Å²) in [6, 6.07) is 9.45. The third-order valence-corrected chi connectivity index (χ3v) is 9.05. The van der Waals surface area contributed by atoms with Gasteiger partial charge in [0.2, 0.25) is 0 Å². The van der Waals surface area contributed by atoms with Crippen molar-refractivity contribution in [2.45, 2.75) is 75.4 Å². The maximum absolute atomic E-state index is 14.1. The number of rotatable bonds is 7. The second-order valence-electron chi connectivity index (χ2n) is 11.1. The Hall–Kier alpha value is -3.28. The molecule has 2 aliphatic heterocycles. The lowest BCUT2D eigenvalue weighted by molar-refractivity contribution is -0.137. The molecule has 3 atom stereocenters. The first-order valence-electron chi connectivity index (χ1n) is 13.8. The van der Waals surface area contributed by atoms with E-state index in [1.165, 1.54) is 6.07 Å². The van der Waals surface area contributed by atoms with Crippen LogP contribution >= 0.6 is 23.2 Å². The summed E-state index contributed by atoms with van der Waals surface area (Å²) in [5.41, 5.74) is 1.40. The highest BCUT2D eigenvalue weighted by Gasteiger charge is 2.43. The molecular formula is C29H25Cl2F3N4O4. The van der Waals surface area contributed by atoms with Crippen LogP contribution in [0.3, 0.4) is 0 Å². The van der Waals surface area contributed by atoms with Gasteiger partial charge in [-0.3, -0.25) is 9.51 Å². The summed E-state index contributed by atoms with van der Waals surface area (Å²) in [5.74, 6) is -0.0785. The molecule has 13 heteroatoms. The summed E-state index contributed by atoms with van der Waals surface area (Å²) in [5, 5.41) is 8.74. The van der Waals surface area contributed by atoms with Crippen LogP contribution in [0.2, 0.25) is 10.0 Å². The molecule has 0 amide bonds. The van der Waals surface area contributed by atoms with Gasteiger partial charge in [-0.1, -0.05) is 39.6 Å². The minimum absolute atomic E-state index is 0.0235. The van der Waals surface area contributed by atoms with Gasteiger partial charge in [-0.05, 0) is 68.9 Å². The van der Waals surface area contributed by atoms with Gasteiger partial charge < -0.3 is 14.2 Å². The molecule has 2 bridgehead atoms. The van der Waals surface area contributed by atoms with E-state index in [2.05, 4.69) is 24.7 Å². The molecule has 220 valence electrons. The molecule has 42 heavy (non-hydrogen) atoms. The first-order chi connectivity index (χ1) is 20.2. The smallest absolute Gasteiger partial charge is 0.373 e. The van der Waals surface area contributed by atoms with Crippen molar-refractivity contribution in [2.75, 3.05) is 4.90 Å². The van der Waals surface area contributed by atoms with Gasteiger partial charge in [0.25, 0.3) is 0 Å². The van der Waals surface area contributed by atoms with Crippen LogP contribution in [-0.2, 0) is 17.5 Å². The van der Waals surface area contributed by atoms with Crippen molar-refractivity contribution in [2.24, 2.45) is 0 Å². The Balaban J connectivity index is 1.11. The van der Waals surface area contributed by atoms with Crippen LogP contribution in [0.15, 0.2) is 50.2 Å². The van der Waals surface area contributed by atoms with E-state index in [0.717, 1.165) is 43.1 Å². The fourth-order valence-corrected chi connectivity index (χ4v) is 6.99. The van der Waals surface area contributed by atoms with E-state index in [0.29, 0.717) is 45.7 Å². The normalized spacial score (nSPS) is 22.2. The average Bonchev–Trinajstić information content (AvgIpc) is 3.47. The first kappa shape index (κ1) is 27.5. The second kappa shape index (κ2) is 10.5. The van der Waals surface area contributed by atoms with Crippen molar-refractivity contribution in [1.29, 1.82) is 0 Å². The second-order valence-corrected chi connectivity index (χ2v) is 11.9. The Labute approximate surface area is 247 Å². The van der Waals surface area contributed by atoms with E-state index in [1.54, 1.807) is 24.3 Å². The number of aromatic amines is 1. The number of benzene rings is 2. The Morgan fingerprint density at radius 2 is 1.71 bits per heavy atom. The van der Waals surface area contributed by atoms with E-state index in [1.807, 2.05) is 0 Å². The highest BCUT2D eigenvalue weighted by atomic mass is 35.5. The summed E-state index contributed by atoms with van der Waals surface area (Å²) in [6.45, 7) is 0.277. The molecule has 2 saturated heterocycles. The van der Waals surface area contributed by atoms with Crippen molar-refractivity contribution >= 4 is 28.9 Å². The number of alkyl halides is 3. The van der Waals surface area contributed by atoms with Crippen molar-refractivity contribution in [1.82, 2.24) is 15.3 Å². The molecule has 8 nitrogen and oxygen atoms in total. The maximum Gasteiger partial charge on any atom is 0.439 e. The van der Waals surface area contributed by atoms with Gasteiger partial charge in [0.1, 0.15) is 11.5 Å². The molecule has 1 saturated carbocycles. The van der Waals surface area contributed by atoms with Crippen LogP contribution in [0.1, 0.15) is 61.3 Å². The van der Waals surface area contributed by atoms with E-state index in [-0.39, 0.29) is 36.2 Å². The SMILES string of the molecule is O=c1[nH]c(-c2ccc(N3[C@@H]4CC[C@H]3C[C@@H](OCc3c(-c5c(Cl)cccc5Cl)noc3C3CC3)C4)cc2C(F)(F)F)no1. The Bertz CT molecular complexity index is 1660. The van der Waals surface area contributed by atoms with Crippen molar-refractivity contribution in [3.05, 3.63) is 73.9 Å². The first-order valence-corrected chi connectivity index (χ1v) is 14.5. The van der Waals surface area contributed by atoms with Crippen molar-refractivity contribution in [3.8, 4) is 22.6 Å². The summed E-state index contributed by atoms with van der Waals surface area (Å²) >= 11 is 13.0. The minimum Gasteiger partial charge on any atom is -0.373 e. The van der Waals surface area contributed by atoms with Crippen LogP contribution in [-0.4, -0.2) is 33.5 Å². The molecule has 7 rings (SSSR count). The highest BCUT2D eigenvalue weighted by molar-refractivity contribution is 6.39. The fourth-order valence-electron chi connectivity index (χ4n) is 6.41. The maximum atomic E-state index is 14.1. The summed E-state index contributed by atoms with van der Waals surface area (Å²) < 4.78 is 58.9. The van der Waals surface area contributed by atoms with Gasteiger partial charge in [-0.25, -0.2) is 4.79 Å². The number of hydrogen-bond acceptors (Lipinski definition) is 7. The quantitative estimate of drug-likeness (QED) is 0.227. The highest BCUT2D eigenvalue weighted by Crippen LogP contribution is 2.47. The van der Waals surface area contributed by atoms with Gasteiger partial charge in [0.15, 0.2) is 5.82 Å². The number of fused-ring (bicyclic) bond motifs is 2. The van der Waals surface area contributed by atoms with E-state index < -0.39 is 17.5 Å². The van der Waals surface area contributed by atoms with Crippen LogP contribution in [0.25, 0.3) is 22.6 Å². The molecule has 4 heterocycles. The third kappa shape index (κ3) is 5.01. The number of aromatic nitrogens is 3. The lowest BCUT2D eigenvalue weighted by Crippen LogP contribution is -2.45. The number of ether oxygens (including phenoxy) is 1. The molecule has 2 aromatic heterocycles. The van der Waals surface area contributed by atoms with Gasteiger partial charge in [-0.15, -0.1) is 0 Å². The molecule has 0 radical (unpaired) electrons. The number of nitrogens with one attached hydrogen (secondary N) is 1. The van der Waals surface area contributed by atoms with Crippen LogP contribution in [0.5, 0.6) is 0 Å². The summed E-state index contributed by atoms with van der Waals surface area (Å²) in [6.07, 6.45) is 0.345. The standard InChI is InChI=1S/C29H25Cl2F3N4O4/c30-22-2-1-3-23(31)24(22)25-20(26(41-36-25)14-4-5-14)13-40-18-10-15-6-7-16(11-18)38(15)17-8-9-19(21(12-17)29(32,33)34)27-35-28(39)42-37-27/h1-3,8-9,12,14-16,18H,4-7,10-11,13H2,(H,35,37,39)/t15-,16+,18+. The van der Waals surface area contributed by atoms with Crippen molar-refractivity contribution < 1.29 is 27.0 Å². The number of nitrogens with zero attached hydrogens (tertiary/aromatic N) is 3. The molecule has 4 aromatic rings. The zero-order valence-electron chi connectivity index (χ0n) is 22.1. The third-order valence-electron chi connectivity index (χ3n) is 8.42. The van der Waals surface area contributed by atoms with Gasteiger partial charge in [-0.2, -0.15) is 13.2 Å². The minimum atomic E-state index is -4.65. The lowest BCUT2D eigenvalue weighted by atomic mass is 9.97. The van der Waals surface area contributed by atoms with Gasteiger partial charge >= 0.3 is 11.9 Å². The largest absolute Gasteiger partial charge is 0.439 e. The van der Waals surface area contributed by atoms with Crippen LogP contribution < -0.4 is 10.7 Å². The summed E-state index contributed by atoms with van der Waals surface area (Å²) in [7, 11) is 0. The molecule has 1 aliphatic carbocycles. The zero-order chi connectivity index (χ0) is 29.2. The van der Waals surface area contributed by atoms with Crippen molar-refractivity contribution in [3.63, 3.8) is 0 Å². The molecule has 0 unspecified atom stereocenters. The average molecular weight is 621 g/mol. The van der Waals surface area contributed by atoms with Gasteiger partial charge in [0.05, 0.1) is 28.3 Å². The van der Waals surface area contributed by atoms with Gasteiger partial charge in [0, 0.05) is 40.4 Å².